The van der Waals surface area contributed by atoms with Crippen LogP contribution in [-0.4, -0.2) is 29.4 Å². The average Bonchev–Trinajstić information content (AvgIpc) is 3.10. The molecule has 100 valence electrons. The molecule has 1 aromatic carbocycles. The highest BCUT2D eigenvalue weighted by molar-refractivity contribution is 8.00. The standard InChI is InChI=1S/C14H16N2O2S/c1-19-14(4-5-14)8-15-13(18)9-2-3-11-10(6-9)7-12(17)16-11/h2-3,6H,4-5,7-8H2,1H3,(H,15,18)(H,16,17). The van der Waals surface area contributed by atoms with Crippen LogP contribution in [-0.2, 0) is 11.2 Å². The van der Waals surface area contributed by atoms with Crippen molar-refractivity contribution in [2.75, 3.05) is 18.1 Å². The Bertz CT molecular complexity index is 552. The third kappa shape index (κ3) is 2.47. The number of carbonyl (C=O) groups excluding carboxylic acids is 2. The van der Waals surface area contributed by atoms with E-state index in [9.17, 15) is 9.59 Å². The Morgan fingerprint density at radius 3 is 2.95 bits per heavy atom. The van der Waals surface area contributed by atoms with Crippen LogP contribution in [0.1, 0.15) is 28.8 Å². The van der Waals surface area contributed by atoms with Crippen LogP contribution in [0, 0.1) is 0 Å². The van der Waals surface area contributed by atoms with E-state index in [4.69, 9.17) is 0 Å². The highest BCUT2D eigenvalue weighted by Gasteiger charge is 2.41. The zero-order chi connectivity index (χ0) is 13.5. The molecule has 0 aromatic heterocycles. The van der Waals surface area contributed by atoms with E-state index in [2.05, 4.69) is 16.9 Å². The molecule has 19 heavy (non-hydrogen) atoms. The number of fused-ring (bicyclic) bond motifs is 1. The molecule has 1 heterocycles. The van der Waals surface area contributed by atoms with Crippen molar-refractivity contribution in [3.63, 3.8) is 0 Å². The van der Waals surface area contributed by atoms with E-state index in [1.165, 1.54) is 12.8 Å². The number of amides is 2. The van der Waals surface area contributed by atoms with Crippen molar-refractivity contribution in [1.82, 2.24) is 5.32 Å². The predicted octanol–water partition coefficient (Wildman–Crippen LogP) is 1.81. The smallest absolute Gasteiger partial charge is 0.251 e. The van der Waals surface area contributed by atoms with Crippen molar-refractivity contribution in [2.24, 2.45) is 0 Å². The average molecular weight is 276 g/mol. The molecule has 2 N–H and O–H groups in total. The van der Waals surface area contributed by atoms with Gasteiger partial charge < -0.3 is 10.6 Å². The second kappa shape index (κ2) is 4.56. The SMILES string of the molecule is CSC1(CNC(=O)c2ccc3c(c2)CC(=O)N3)CC1. The maximum Gasteiger partial charge on any atom is 0.251 e. The van der Waals surface area contributed by atoms with Crippen LogP contribution in [0.25, 0.3) is 0 Å². The van der Waals surface area contributed by atoms with Gasteiger partial charge in [-0.25, -0.2) is 0 Å². The maximum atomic E-state index is 12.1. The van der Waals surface area contributed by atoms with Gasteiger partial charge >= 0.3 is 0 Å². The molecule has 0 atom stereocenters. The van der Waals surface area contributed by atoms with Gasteiger partial charge in [-0.1, -0.05) is 0 Å². The fourth-order valence-corrected chi connectivity index (χ4v) is 3.03. The van der Waals surface area contributed by atoms with Crippen LogP contribution >= 0.6 is 11.8 Å². The molecular formula is C14H16N2O2S. The molecule has 1 aliphatic heterocycles. The Morgan fingerprint density at radius 1 is 1.47 bits per heavy atom. The summed E-state index contributed by atoms with van der Waals surface area (Å²) in [5.74, 6) is -0.0608. The van der Waals surface area contributed by atoms with Gasteiger partial charge in [0.25, 0.3) is 5.91 Å². The molecule has 1 saturated carbocycles. The fourth-order valence-electron chi connectivity index (χ4n) is 2.31. The van der Waals surface area contributed by atoms with E-state index in [0.29, 0.717) is 12.0 Å². The van der Waals surface area contributed by atoms with Gasteiger partial charge in [-0.15, -0.1) is 0 Å². The molecule has 4 nitrogen and oxygen atoms in total. The summed E-state index contributed by atoms with van der Waals surface area (Å²) in [4.78, 5) is 23.4. The highest BCUT2D eigenvalue weighted by atomic mass is 32.2. The van der Waals surface area contributed by atoms with E-state index in [1.807, 2.05) is 11.8 Å². The van der Waals surface area contributed by atoms with E-state index < -0.39 is 0 Å². The van der Waals surface area contributed by atoms with E-state index in [1.54, 1.807) is 18.2 Å². The molecule has 3 rings (SSSR count). The van der Waals surface area contributed by atoms with Crippen LogP contribution in [0.15, 0.2) is 18.2 Å². The molecule has 0 spiro atoms. The Hall–Kier alpha value is -1.49. The summed E-state index contributed by atoms with van der Waals surface area (Å²) in [5.41, 5.74) is 2.36. The Morgan fingerprint density at radius 2 is 2.26 bits per heavy atom. The van der Waals surface area contributed by atoms with Crippen molar-refractivity contribution < 1.29 is 9.59 Å². The Labute approximate surface area is 116 Å². The van der Waals surface area contributed by atoms with Crippen LogP contribution in [0.4, 0.5) is 5.69 Å². The minimum Gasteiger partial charge on any atom is -0.351 e. The highest BCUT2D eigenvalue weighted by Crippen LogP contribution is 2.46. The molecule has 0 unspecified atom stereocenters. The molecule has 2 aliphatic rings. The zero-order valence-corrected chi connectivity index (χ0v) is 11.6. The molecule has 0 bridgehead atoms. The minimum absolute atomic E-state index is 0.00752. The summed E-state index contributed by atoms with van der Waals surface area (Å²) >= 11 is 1.83. The first-order chi connectivity index (χ1) is 9.12. The van der Waals surface area contributed by atoms with Crippen molar-refractivity contribution in [3.8, 4) is 0 Å². The quantitative estimate of drug-likeness (QED) is 0.881. The second-order valence-electron chi connectivity index (χ2n) is 5.17. The number of hydrogen-bond donors (Lipinski definition) is 2. The van der Waals surface area contributed by atoms with Gasteiger partial charge in [0.2, 0.25) is 5.91 Å². The molecule has 1 aliphatic carbocycles. The lowest BCUT2D eigenvalue weighted by molar-refractivity contribution is -0.115. The Balaban J connectivity index is 1.67. The lowest BCUT2D eigenvalue weighted by Crippen LogP contribution is -2.31. The van der Waals surface area contributed by atoms with E-state index >= 15 is 0 Å². The van der Waals surface area contributed by atoms with Crippen LogP contribution < -0.4 is 10.6 Å². The van der Waals surface area contributed by atoms with Crippen LogP contribution in [0.5, 0.6) is 0 Å². The number of rotatable bonds is 4. The topological polar surface area (TPSA) is 58.2 Å². The Kier molecular flexibility index (Phi) is 3.01. The molecule has 2 amide bonds. The van der Waals surface area contributed by atoms with E-state index in [0.717, 1.165) is 17.8 Å². The van der Waals surface area contributed by atoms with Crippen molar-refractivity contribution in [3.05, 3.63) is 29.3 Å². The third-order valence-corrected chi connectivity index (χ3v) is 5.22. The third-order valence-electron chi connectivity index (χ3n) is 3.80. The lowest BCUT2D eigenvalue weighted by atomic mass is 10.1. The first-order valence-corrected chi connectivity index (χ1v) is 7.60. The van der Waals surface area contributed by atoms with Crippen LogP contribution in [0.3, 0.4) is 0 Å². The van der Waals surface area contributed by atoms with Gasteiger partial charge in [0.15, 0.2) is 0 Å². The van der Waals surface area contributed by atoms with Gasteiger partial charge in [0, 0.05) is 22.5 Å². The number of hydrogen-bond acceptors (Lipinski definition) is 3. The lowest BCUT2D eigenvalue weighted by Gasteiger charge is -2.13. The fraction of sp³-hybridized carbons (Fsp3) is 0.429. The first kappa shape index (κ1) is 12.5. The molecule has 5 heteroatoms. The summed E-state index contributed by atoms with van der Waals surface area (Å²) < 4.78 is 0.268. The summed E-state index contributed by atoms with van der Waals surface area (Å²) in [6, 6.07) is 5.37. The van der Waals surface area contributed by atoms with Crippen molar-refractivity contribution in [1.29, 1.82) is 0 Å². The predicted molar refractivity (Wildman–Crippen MR) is 76.6 cm³/mol. The molecule has 0 radical (unpaired) electrons. The van der Waals surface area contributed by atoms with Gasteiger partial charge in [-0.2, -0.15) is 11.8 Å². The first-order valence-electron chi connectivity index (χ1n) is 6.38. The number of anilines is 1. The molecular weight excluding hydrogens is 260 g/mol. The number of nitrogens with one attached hydrogen (secondary N) is 2. The summed E-state index contributed by atoms with van der Waals surface area (Å²) in [6.45, 7) is 0.723. The van der Waals surface area contributed by atoms with Gasteiger partial charge in [0.1, 0.15) is 0 Å². The van der Waals surface area contributed by atoms with Gasteiger partial charge in [-0.3, -0.25) is 9.59 Å². The largest absolute Gasteiger partial charge is 0.351 e. The van der Waals surface area contributed by atoms with E-state index in [-0.39, 0.29) is 16.6 Å². The summed E-state index contributed by atoms with van der Waals surface area (Å²) in [5, 5.41) is 5.75. The van der Waals surface area contributed by atoms with Crippen molar-refractivity contribution in [2.45, 2.75) is 24.0 Å². The number of carbonyl (C=O) groups is 2. The minimum atomic E-state index is -0.0533. The molecule has 1 fully saturated rings. The molecule has 1 aromatic rings. The monoisotopic (exact) mass is 276 g/mol. The van der Waals surface area contributed by atoms with Crippen molar-refractivity contribution >= 4 is 29.3 Å². The summed E-state index contributed by atoms with van der Waals surface area (Å²) in [7, 11) is 0. The van der Waals surface area contributed by atoms with Gasteiger partial charge in [-0.05, 0) is 42.9 Å². The van der Waals surface area contributed by atoms with Crippen LogP contribution in [0.2, 0.25) is 0 Å². The normalized spacial score (nSPS) is 18.7. The van der Waals surface area contributed by atoms with Gasteiger partial charge in [0.05, 0.1) is 6.42 Å². The number of thioether (sulfide) groups is 1. The maximum absolute atomic E-state index is 12.1. The molecule has 0 saturated heterocycles. The number of benzene rings is 1. The second-order valence-corrected chi connectivity index (χ2v) is 6.44. The summed E-state index contributed by atoms with van der Waals surface area (Å²) in [6.07, 6.45) is 4.81. The zero-order valence-electron chi connectivity index (χ0n) is 10.8.